The molecule has 0 atom stereocenters. The van der Waals surface area contributed by atoms with E-state index < -0.39 is 5.97 Å². The summed E-state index contributed by atoms with van der Waals surface area (Å²) in [4.78, 5) is 14.9. The van der Waals surface area contributed by atoms with E-state index in [9.17, 15) is 4.79 Å². The molecular formula is C11H13NO2. The predicted octanol–water partition coefficient (Wildman–Crippen LogP) is 2.36. The first-order chi connectivity index (χ1) is 6.68. The van der Waals surface area contributed by atoms with E-state index in [-0.39, 0.29) is 0 Å². The van der Waals surface area contributed by atoms with Crippen molar-refractivity contribution in [2.75, 3.05) is 0 Å². The van der Waals surface area contributed by atoms with Crippen molar-refractivity contribution < 1.29 is 9.90 Å². The number of carboxylic acid groups (broad SMARTS) is 1. The zero-order valence-electron chi connectivity index (χ0n) is 8.16. The Balaban J connectivity index is 2.30. The summed E-state index contributed by atoms with van der Waals surface area (Å²) < 4.78 is 0. The van der Waals surface area contributed by atoms with Crippen molar-refractivity contribution in [3.63, 3.8) is 0 Å². The zero-order valence-corrected chi connectivity index (χ0v) is 8.16. The first kappa shape index (κ1) is 9.19. The summed E-state index contributed by atoms with van der Waals surface area (Å²) >= 11 is 0. The molecule has 14 heavy (non-hydrogen) atoms. The van der Waals surface area contributed by atoms with Gasteiger partial charge >= 0.3 is 5.97 Å². The Labute approximate surface area is 82.8 Å². The van der Waals surface area contributed by atoms with E-state index in [4.69, 9.17) is 5.11 Å². The molecule has 74 valence electrons. The number of carboxylic acids is 1. The van der Waals surface area contributed by atoms with Gasteiger partial charge in [0.2, 0.25) is 0 Å². The van der Waals surface area contributed by atoms with Gasteiger partial charge in [0.05, 0.1) is 5.56 Å². The second kappa shape index (κ2) is 3.40. The lowest BCUT2D eigenvalue weighted by molar-refractivity contribution is 0.0695. The fourth-order valence-corrected chi connectivity index (χ4v) is 1.73. The van der Waals surface area contributed by atoms with Gasteiger partial charge in [0.25, 0.3) is 0 Å². The lowest BCUT2D eigenvalue weighted by atomic mass is 9.82. The van der Waals surface area contributed by atoms with Crippen LogP contribution in [0.15, 0.2) is 12.3 Å². The molecule has 0 aromatic carbocycles. The maximum atomic E-state index is 10.7. The van der Waals surface area contributed by atoms with Crippen LogP contribution in [-0.4, -0.2) is 16.1 Å². The van der Waals surface area contributed by atoms with Gasteiger partial charge in [0.1, 0.15) is 0 Å². The van der Waals surface area contributed by atoms with Crippen LogP contribution < -0.4 is 0 Å². The molecule has 1 fully saturated rings. The van der Waals surface area contributed by atoms with Crippen LogP contribution in [0.4, 0.5) is 0 Å². The molecule has 1 aliphatic rings. The number of carbonyl (C=O) groups is 1. The molecule has 2 rings (SSSR count). The number of nitrogens with zero attached hydrogens (tertiary/aromatic N) is 1. The molecule has 1 aliphatic carbocycles. The van der Waals surface area contributed by atoms with E-state index in [1.54, 1.807) is 0 Å². The van der Waals surface area contributed by atoms with Gasteiger partial charge in [0, 0.05) is 17.8 Å². The lowest BCUT2D eigenvalue weighted by Gasteiger charge is -2.25. The van der Waals surface area contributed by atoms with Gasteiger partial charge in [-0.25, -0.2) is 4.79 Å². The molecule has 0 unspecified atom stereocenters. The number of hydrogen-bond donors (Lipinski definition) is 1. The van der Waals surface area contributed by atoms with Crippen LogP contribution in [-0.2, 0) is 0 Å². The van der Waals surface area contributed by atoms with Gasteiger partial charge < -0.3 is 5.11 Å². The second-order valence-electron chi connectivity index (χ2n) is 3.86. The van der Waals surface area contributed by atoms with Crippen molar-refractivity contribution in [3.05, 3.63) is 29.1 Å². The number of rotatable bonds is 2. The minimum atomic E-state index is -0.893. The van der Waals surface area contributed by atoms with E-state index >= 15 is 0 Å². The Kier molecular flexibility index (Phi) is 2.23. The summed E-state index contributed by atoms with van der Waals surface area (Å²) in [5.74, 6) is -0.327. The van der Waals surface area contributed by atoms with E-state index in [1.807, 2.05) is 13.0 Å². The summed E-state index contributed by atoms with van der Waals surface area (Å²) in [6.45, 7) is 1.83. The molecule has 0 bridgehead atoms. The highest BCUT2D eigenvalue weighted by molar-refractivity contribution is 5.88. The van der Waals surface area contributed by atoms with Gasteiger partial charge in [-0.15, -0.1) is 0 Å². The van der Waals surface area contributed by atoms with Crippen molar-refractivity contribution in [2.24, 2.45) is 0 Å². The second-order valence-corrected chi connectivity index (χ2v) is 3.86. The topological polar surface area (TPSA) is 50.2 Å². The molecule has 1 aromatic rings. The standard InChI is InChI=1S/C11H13NO2/c1-7-5-10(8-3-2-4-8)12-6-9(7)11(13)14/h5-6,8H,2-4H2,1H3,(H,13,14). The Bertz CT molecular complexity index is 370. The Morgan fingerprint density at radius 2 is 2.29 bits per heavy atom. The quantitative estimate of drug-likeness (QED) is 0.780. The van der Waals surface area contributed by atoms with Crippen molar-refractivity contribution in [1.82, 2.24) is 4.98 Å². The van der Waals surface area contributed by atoms with Crippen LogP contribution in [0, 0.1) is 6.92 Å². The van der Waals surface area contributed by atoms with Crippen LogP contribution in [0.2, 0.25) is 0 Å². The molecular weight excluding hydrogens is 178 g/mol. The van der Waals surface area contributed by atoms with Crippen LogP contribution in [0.3, 0.4) is 0 Å². The highest BCUT2D eigenvalue weighted by atomic mass is 16.4. The third-order valence-corrected chi connectivity index (χ3v) is 2.89. The van der Waals surface area contributed by atoms with Gasteiger partial charge in [-0.2, -0.15) is 0 Å². The van der Waals surface area contributed by atoms with Gasteiger partial charge in [-0.1, -0.05) is 6.42 Å². The number of aromatic carboxylic acids is 1. The molecule has 3 nitrogen and oxygen atoms in total. The number of pyridine rings is 1. The lowest BCUT2D eigenvalue weighted by Crippen LogP contribution is -2.12. The average molecular weight is 191 g/mol. The molecule has 1 saturated carbocycles. The Morgan fingerprint density at radius 1 is 1.57 bits per heavy atom. The molecule has 0 spiro atoms. The van der Waals surface area contributed by atoms with Crippen molar-refractivity contribution in [1.29, 1.82) is 0 Å². The predicted molar refractivity (Wildman–Crippen MR) is 52.5 cm³/mol. The monoisotopic (exact) mass is 191 g/mol. The number of hydrogen-bond acceptors (Lipinski definition) is 2. The molecule has 3 heteroatoms. The normalized spacial score (nSPS) is 16.4. The largest absolute Gasteiger partial charge is 0.478 e. The smallest absolute Gasteiger partial charge is 0.337 e. The fraction of sp³-hybridized carbons (Fsp3) is 0.455. The minimum Gasteiger partial charge on any atom is -0.478 e. The third kappa shape index (κ3) is 1.50. The minimum absolute atomic E-state index is 0.313. The molecule has 1 aromatic heterocycles. The molecule has 0 radical (unpaired) electrons. The van der Waals surface area contributed by atoms with Crippen molar-refractivity contribution in [2.45, 2.75) is 32.1 Å². The number of aromatic nitrogens is 1. The van der Waals surface area contributed by atoms with Crippen molar-refractivity contribution in [3.8, 4) is 0 Å². The van der Waals surface area contributed by atoms with Crippen LogP contribution >= 0.6 is 0 Å². The van der Waals surface area contributed by atoms with E-state index in [2.05, 4.69) is 4.98 Å². The third-order valence-electron chi connectivity index (χ3n) is 2.89. The molecule has 0 saturated heterocycles. The molecule has 0 amide bonds. The highest BCUT2D eigenvalue weighted by Crippen LogP contribution is 2.35. The van der Waals surface area contributed by atoms with Gasteiger partial charge in [0.15, 0.2) is 0 Å². The van der Waals surface area contributed by atoms with Gasteiger partial charge in [-0.05, 0) is 31.4 Å². The maximum absolute atomic E-state index is 10.7. The van der Waals surface area contributed by atoms with E-state index in [0.717, 1.165) is 11.3 Å². The summed E-state index contributed by atoms with van der Waals surface area (Å²) in [6, 6.07) is 1.91. The summed E-state index contributed by atoms with van der Waals surface area (Å²) in [5, 5.41) is 8.83. The first-order valence-electron chi connectivity index (χ1n) is 4.88. The summed E-state index contributed by atoms with van der Waals surface area (Å²) in [7, 11) is 0. The summed E-state index contributed by atoms with van der Waals surface area (Å²) in [5.41, 5.74) is 2.18. The Morgan fingerprint density at radius 3 is 2.71 bits per heavy atom. The summed E-state index contributed by atoms with van der Waals surface area (Å²) in [6.07, 6.45) is 5.13. The van der Waals surface area contributed by atoms with E-state index in [1.165, 1.54) is 25.5 Å². The van der Waals surface area contributed by atoms with E-state index in [0.29, 0.717) is 11.5 Å². The molecule has 0 aliphatic heterocycles. The van der Waals surface area contributed by atoms with Crippen LogP contribution in [0.1, 0.15) is 46.8 Å². The zero-order chi connectivity index (χ0) is 10.1. The first-order valence-corrected chi connectivity index (χ1v) is 4.88. The molecule has 1 N–H and O–H groups in total. The number of aryl methyl sites for hydroxylation is 1. The van der Waals surface area contributed by atoms with Gasteiger partial charge in [-0.3, -0.25) is 4.98 Å². The van der Waals surface area contributed by atoms with Crippen LogP contribution in [0.25, 0.3) is 0 Å². The van der Waals surface area contributed by atoms with Crippen molar-refractivity contribution >= 4 is 5.97 Å². The fourth-order valence-electron chi connectivity index (χ4n) is 1.73. The molecule has 1 heterocycles. The maximum Gasteiger partial charge on any atom is 0.337 e. The Hall–Kier alpha value is -1.38. The SMILES string of the molecule is Cc1cc(C2CCC2)ncc1C(=O)O. The van der Waals surface area contributed by atoms with Crippen LogP contribution in [0.5, 0.6) is 0 Å². The highest BCUT2D eigenvalue weighted by Gasteiger charge is 2.21. The average Bonchev–Trinajstić information content (AvgIpc) is 2.00.